The third-order valence-electron chi connectivity index (χ3n) is 2.96. The van der Waals surface area contributed by atoms with Gasteiger partial charge in [-0.2, -0.15) is 10.4 Å². The average Bonchev–Trinajstić information content (AvgIpc) is 2.90. The van der Waals surface area contributed by atoms with Crippen molar-refractivity contribution in [2.45, 2.75) is 0 Å². The summed E-state index contributed by atoms with van der Waals surface area (Å²) in [7, 11) is 1.85. The molecule has 1 N–H and O–H groups in total. The lowest BCUT2D eigenvalue weighted by atomic mass is 10.3. The summed E-state index contributed by atoms with van der Waals surface area (Å²) in [4.78, 5) is 8.30. The lowest BCUT2D eigenvalue weighted by Gasteiger charge is -2.05. The Morgan fingerprint density at radius 2 is 2.05 bits per heavy atom. The van der Waals surface area contributed by atoms with Crippen molar-refractivity contribution in [2.24, 2.45) is 7.05 Å². The third-order valence-corrected chi connectivity index (χ3v) is 2.96. The molecule has 0 aromatic carbocycles. The molecule has 102 valence electrons. The Morgan fingerprint density at radius 3 is 2.71 bits per heavy atom. The molecule has 0 radical (unpaired) electrons. The van der Waals surface area contributed by atoms with Gasteiger partial charge in [0.05, 0.1) is 17.6 Å². The molecule has 0 aliphatic carbocycles. The van der Waals surface area contributed by atoms with Gasteiger partial charge in [-0.15, -0.1) is 0 Å². The van der Waals surface area contributed by atoms with E-state index in [0.717, 1.165) is 22.9 Å². The number of hydrogen-bond acceptors (Lipinski definition) is 5. The van der Waals surface area contributed by atoms with Gasteiger partial charge in [0, 0.05) is 19.3 Å². The van der Waals surface area contributed by atoms with Crippen LogP contribution in [-0.4, -0.2) is 19.7 Å². The molecule has 0 saturated carbocycles. The van der Waals surface area contributed by atoms with Gasteiger partial charge in [-0.05, 0) is 24.3 Å². The summed E-state index contributed by atoms with van der Waals surface area (Å²) < 4.78 is 1.74. The minimum Gasteiger partial charge on any atom is -0.339 e. The van der Waals surface area contributed by atoms with E-state index in [1.807, 2.05) is 37.4 Å². The predicted molar refractivity (Wildman–Crippen MR) is 78.7 cm³/mol. The van der Waals surface area contributed by atoms with Crippen LogP contribution in [0.3, 0.4) is 0 Å². The zero-order valence-corrected chi connectivity index (χ0v) is 11.4. The highest BCUT2D eigenvalue weighted by molar-refractivity contribution is 5.63. The van der Waals surface area contributed by atoms with Gasteiger partial charge in [0.1, 0.15) is 23.3 Å². The Bertz CT molecular complexity index is 783. The number of aryl methyl sites for hydroxylation is 1. The van der Waals surface area contributed by atoms with Crippen LogP contribution in [-0.2, 0) is 7.05 Å². The summed E-state index contributed by atoms with van der Waals surface area (Å²) in [6, 6.07) is 13.1. The van der Waals surface area contributed by atoms with Gasteiger partial charge in [0.25, 0.3) is 0 Å². The maximum atomic E-state index is 8.74. The van der Waals surface area contributed by atoms with Crippen LogP contribution in [0.5, 0.6) is 0 Å². The topological polar surface area (TPSA) is 79.4 Å². The Labute approximate surface area is 121 Å². The molecule has 0 atom stereocenters. The van der Waals surface area contributed by atoms with Crippen LogP contribution in [0.2, 0.25) is 0 Å². The third kappa shape index (κ3) is 2.72. The summed E-state index contributed by atoms with van der Waals surface area (Å²) in [5.74, 6) is 0.821. The molecule has 6 heteroatoms. The summed E-state index contributed by atoms with van der Waals surface area (Å²) in [6.45, 7) is 0. The van der Waals surface area contributed by atoms with Gasteiger partial charge >= 0.3 is 0 Å². The number of rotatable bonds is 3. The van der Waals surface area contributed by atoms with Crippen LogP contribution >= 0.6 is 0 Å². The summed E-state index contributed by atoms with van der Waals surface area (Å²) >= 11 is 0. The number of anilines is 2. The maximum absolute atomic E-state index is 8.74. The zero-order valence-electron chi connectivity index (χ0n) is 11.4. The van der Waals surface area contributed by atoms with E-state index in [4.69, 9.17) is 5.26 Å². The Balaban J connectivity index is 1.86. The second kappa shape index (κ2) is 5.43. The average molecular weight is 276 g/mol. The molecule has 6 nitrogen and oxygen atoms in total. The molecule has 0 saturated heterocycles. The standard InChI is InChI=1S/C15H12N6/c1-21-15(19-12-6-5-11(9-16)18-10-12)8-14(20-21)13-4-2-3-7-17-13/h2-8,10,19H,1H3. The van der Waals surface area contributed by atoms with Gasteiger partial charge in [0.15, 0.2) is 0 Å². The Kier molecular flexibility index (Phi) is 3.31. The molecule has 0 bridgehead atoms. The van der Waals surface area contributed by atoms with E-state index in [1.165, 1.54) is 0 Å². The molecule has 0 aliphatic heterocycles. The molecule has 0 aliphatic rings. The fourth-order valence-corrected chi connectivity index (χ4v) is 1.91. The minimum atomic E-state index is 0.389. The number of nitrogens with one attached hydrogen (secondary N) is 1. The van der Waals surface area contributed by atoms with Crippen LogP contribution in [0.15, 0.2) is 48.8 Å². The lowest BCUT2D eigenvalue weighted by Crippen LogP contribution is -1.99. The number of nitriles is 1. The molecule has 0 fully saturated rings. The Morgan fingerprint density at radius 1 is 1.14 bits per heavy atom. The van der Waals surface area contributed by atoms with Gasteiger partial charge < -0.3 is 5.32 Å². The van der Waals surface area contributed by atoms with Gasteiger partial charge in [0.2, 0.25) is 0 Å². The van der Waals surface area contributed by atoms with Crippen molar-refractivity contribution in [1.82, 2.24) is 19.7 Å². The number of hydrogen-bond donors (Lipinski definition) is 1. The van der Waals surface area contributed by atoms with E-state index < -0.39 is 0 Å². The van der Waals surface area contributed by atoms with Crippen LogP contribution in [0.25, 0.3) is 11.4 Å². The van der Waals surface area contributed by atoms with Crippen molar-refractivity contribution in [3.63, 3.8) is 0 Å². The SMILES string of the molecule is Cn1nc(-c2ccccn2)cc1Nc1ccc(C#N)nc1. The van der Waals surface area contributed by atoms with Gasteiger partial charge in [-0.3, -0.25) is 9.67 Å². The quantitative estimate of drug-likeness (QED) is 0.795. The first kappa shape index (κ1) is 12.8. The maximum Gasteiger partial charge on any atom is 0.140 e. The molecule has 0 amide bonds. The van der Waals surface area contributed by atoms with Crippen molar-refractivity contribution in [3.05, 3.63) is 54.5 Å². The molecule has 3 rings (SSSR count). The van der Waals surface area contributed by atoms with Crippen molar-refractivity contribution in [1.29, 1.82) is 5.26 Å². The first-order valence-corrected chi connectivity index (χ1v) is 6.35. The highest BCUT2D eigenvalue weighted by Gasteiger charge is 2.08. The first-order chi connectivity index (χ1) is 10.3. The largest absolute Gasteiger partial charge is 0.339 e. The number of nitrogens with zero attached hydrogens (tertiary/aromatic N) is 5. The fourth-order valence-electron chi connectivity index (χ4n) is 1.91. The van der Waals surface area contributed by atoms with E-state index in [0.29, 0.717) is 5.69 Å². The fraction of sp³-hybridized carbons (Fsp3) is 0.0667. The van der Waals surface area contributed by atoms with Crippen LogP contribution in [0, 0.1) is 11.3 Å². The molecular weight excluding hydrogens is 264 g/mol. The van der Waals surface area contributed by atoms with Crippen molar-refractivity contribution in [3.8, 4) is 17.5 Å². The van der Waals surface area contributed by atoms with E-state index in [-0.39, 0.29) is 0 Å². The van der Waals surface area contributed by atoms with Crippen LogP contribution in [0.4, 0.5) is 11.5 Å². The zero-order chi connectivity index (χ0) is 14.7. The molecule has 0 spiro atoms. The number of pyridine rings is 2. The minimum absolute atomic E-state index is 0.389. The van der Waals surface area contributed by atoms with Crippen molar-refractivity contribution < 1.29 is 0 Å². The summed E-state index contributed by atoms with van der Waals surface area (Å²) in [6.07, 6.45) is 3.35. The molecule has 0 unspecified atom stereocenters. The van der Waals surface area contributed by atoms with Crippen molar-refractivity contribution in [2.75, 3.05) is 5.32 Å². The van der Waals surface area contributed by atoms with E-state index in [2.05, 4.69) is 20.4 Å². The smallest absolute Gasteiger partial charge is 0.140 e. The van der Waals surface area contributed by atoms with Gasteiger partial charge in [-0.25, -0.2) is 4.98 Å². The summed E-state index contributed by atoms with van der Waals surface area (Å²) in [5, 5.41) is 16.4. The lowest BCUT2D eigenvalue weighted by molar-refractivity contribution is 0.779. The highest BCUT2D eigenvalue weighted by Crippen LogP contribution is 2.21. The summed E-state index contributed by atoms with van der Waals surface area (Å²) in [5.41, 5.74) is 2.80. The molecule has 3 heterocycles. The van der Waals surface area contributed by atoms with Crippen LogP contribution in [0.1, 0.15) is 5.69 Å². The van der Waals surface area contributed by atoms with Crippen LogP contribution < -0.4 is 5.32 Å². The molecular formula is C15H12N6. The molecule has 3 aromatic rings. The first-order valence-electron chi connectivity index (χ1n) is 6.35. The highest BCUT2D eigenvalue weighted by atomic mass is 15.3. The molecule has 3 aromatic heterocycles. The van der Waals surface area contributed by atoms with E-state index in [9.17, 15) is 0 Å². The second-order valence-corrected chi connectivity index (χ2v) is 4.42. The van der Waals surface area contributed by atoms with E-state index in [1.54, 1.807) is 29.2 Å². The normalized spacial score (nSPS) is 10.1. The van der Waals surface area contributed by atoms with Gasteiger partial charge in [-0.1, -0.05) is 6.07 Å². The predicted octanol–water partition coefficient (Wildman–Crippen LogP) is 2.49. The van der Waals surface area contributed by atoms with Crippen molar-refractivity contribution >= 4 is 11.5 Å². The second-order valence-electron chi connectivity index (χ2n) is 4.42. The van der Waals surface area contributed by atoms with E-state index >= 15 is 0 Å². The number of aromatic nitrogens is 4. The molecule has 21 heavy (non-hydrogen) atoms. The Hall–Kier alpha value is -3.20. The monoisotopic (exact) mass is 276 g/mol.